The average molecular weight is 466 g/mol. The molecule has 0 saturated carbocycles. The van der Waals surface area contributed by atoms with Gasteiger partial charge in [0, 0.05) is 17.5 Å². The normalized spacial score (nSPS) is 17.8. The van der Waals surface area contributed by atoms with Crippen LogP contribution in [0.3, 0.4) is 0 Å². The van der Waals surface area contributed by atoms with E-state index in [1.165, 1.54) is 22.5 Å². The van der Waals surface area contributed by atoms with Crippen LogP contribution in [0, 0.1) is 19.7 Å². The van der Waals surface area contributed by atoms with Gasteiger partial charge in [-0.15, -0.1) is 5.10 Å². The summed E-state index contributed by atoms with van der Waals surface area (Å²) in [6.07, 6.45) is 0.405. The fraction of sp³-hybridized carbons (Fsp3) is 0.333. The highest BCUT2D eigenvalue weighted by Gasteiger charge is 2.43. The number of aromatic nitrogens is 2. The van der Waals surface area contributed by atoms with Crippen LogP contribution >= 0.6 is 11.6 Å². The van der Waals surface area contributed by atoms with Crippen LogP contribution in [0.4, 0.5) is 4.39 Å². The van der Waals surface area contributed by atoms with E-state index in [1.807, 2.05) is 6.92 Å². The molecule has 2 aromatic carbocycles. The van der Waals surface area contributed by atoms with Crippen molar-refractivity contribution in [3.05, 3.63) is 79.9 Å². The topological polar surface area (TPSA) is 96.3 Å². The monoisotopic (exact) mass is 465 g/mol. The summed E-state index contributed by atoms with van der Waals surface area (Å²) in [6, 6.07) is 6.60. The fourth-order valence-corrected chi connectivity index (χ4v) is 6.32. The minimum Gasteiger partial charge on any atom is -0.391 e. The van der Waals surface area contributed by atoms with Gasteiger partial charge in [-0.1, -0.05) is 24.6 Å². The number of benzene rings is 2. The number of aromatic amines is 1. The van der Waals surface area contributed by atoms with E-state index < -0.39 is 33.6 Å². The zero-order valence-electron chi connectivity index (χ0n) is 17.1. The number of aryl methyl sites for hydroxylation is 1. The highest BCUT2D eigenvalue weighted by atomic mass is 35.5. The molecule has 0 bridgehead atoms. The number of nitrogens with one attached hydrogen (secondary N) is 1. The number of sulfonamides is 1. The molecule has 0 saturated heterocycles. The van der Waals surface area contributed by atoms with Crippen molar-refractivity contribution >= 4 is 21.6 Å². The summed E-state index contributed by atoms with van der Waals surface area (Å²) in [5.74, 6) is -2.07. The first kappa shape index (κ1) is 21.7. The van der Waals surface area contributed by atoms with E-state index in [1.54, 1.807) is 26.0 Å². The second kappa shape index (κ2) is 7.89. The first-order chi connectivity index (χ1) is 14.6. The van der Waals surface area contributed by atoms with Crippen LogP contribution in [-0.2, 0) is 16.4 Å². The van der Waals surface area contributed by atoms with Crippen molar-refractivity contribution in [3.8, 4) is 0 Å². The fourth-order valence-electron chi connectivity index (χ4n) is 4.24. The van der Waals surface area contributed by atoms with Gasteiger partial charge in [0.1, 0.15) is 11.9 Å². The molecule has 164 valence electrons. The van der Waals surface area contributed by atoms with Crippen molar-refractivity contribution in [2.75, 3.05) is 6.54 Å². The van der Waals surface area contributed by atoms with Crippen molar-refractivity contribution in [3.63, 3.8) is 0 Å². The molecule has 0 fully saturated rings. The SMILES string of the molecule is Cc1ccc(F)c(C(C)C(c2n[nH]c(=O)o2)N2CCc3cc(Cl)ccc3S2(=O)=O)c1C. The summed E-state index contributed by atoms with van der Waals surface area (Å²) in [4.78, 5) is 11.8. The van der Waals surface area contributed by atoms with E-state index in [0.717, 1.165) is 5.56 Å². The van der Waals surface area contributed by atoms with Crippen LogP contribution in [0.2, 0.25) is 5.02 Å². The minimum atomic E-state index is -3.99. The average Bonchev–Trinajstić information content (AvgIpc) is 3.12. The van der Waals surface area contributed by atoms with Crippen LogP contribution in [0.1, 0.15) is 47.0 Å². The van der Waals surface area contributed by atoms with Crippen LogP contribution in [-0.4, -0.2) is 29.5 Å². The maximum Gasteiger partial charge on any atom is 0.434 e. The third-order valence-electron chi connectivity index (χ3n) is 5.89. The standard InChI is InChI=1S/C21H21ClFN3O4S/c1-11-4-6-16(23)18(12(11)2)13(3)19(20-24-25-21(27)30-20)26-9-8-14-10-15(22)5-7-17(14)31(26,28)29/h4-7,10,13,19H,8-9H2,1-3H3,(H,25,27). The second-order valence-electron chi connectivity index (χ2n) is 7.71. The summed E-state index contributed by atoms with van der Waals surface area (Å²) in [7, 11) is -3.99. The van der Waals surface area contributed by atoms with Gasteiger partial charge >= 0.3 is 5.76 Å². The van der Waals surface area contributed by atoms with E-state index in [0.29, 0.717) is 28.1 Å². The van der Waals surface area contributed by atoms with E-state index in [-0.39, 0.29) is 17.3 Å². The molecule has 2 unspecified atom stereocenters. The molecule has 2 heterocycles. The second-order valence-corrected chi connectivity index (χ2v) is 10.0. The smallest absolute Gasteiger partial charge is 0.391 e. The van der Waals surface area contributed by atoms with Gasteiger partial charge < -0.3 is 4.42 Å². The number of hydrogen-bond acceptors (Lipinski definition) is 5. The van der Waals surface area contributed by atoms with Crippen molar-refractivity contribution in [1.29, 1.82) is 0 Å². The first-order valence-electron chi connectivity index (χ1n) is 9.72. The molecule has 3 aromatic rings. The van der Waals surface area contributed by atoms with Gasteiger partial charge in [-0.05, 0) is 66.8 Å². The van der Waals surface area contributed by atoms with E-state index >= 15 is 0 Å². The predicted molar refractivity (Wildman–Crippen MR) is 113 cm³/mol. The van der Waals surface area contributed by atoms with Crippen LogP contribution in [0.25, 0.3) is 0 Å². The summed E-state index contributed by atoms with van der Waals surface area (Å²) >= 11 is 6.03. The molecule has 0 spiro atoms. The molecule has 0 aliphatic carbocycles. The Hall–Kier alpha value is -2.49. The Kier molecular flexibility index (Phi) is 5.53. The number of nitrogens with zero attached hydrogens (tertiary/aromatic N) is 2. The molecule has 10 heteroatoms. The maximum absolute atomic E-state index is 14.9. The third kappa shape index (κ3) is 3.71. The van der Waals surface area contributed by atoms with Crippen LogP contribution in [0.5, 0.6) is 0 Å². The molecule has 31 heavy (non-hydrogen) atoms. The Morgan fingerprint density at radius 1 is 1.26 bits per heavy atom. The zero-order chi connectivity index (χ0) is 22.5. The maximum atomic E-state index is 14.9. The summed E-state index contributed by atoms with van der Waals surface area (Å²) in [6.45, 7) is 5.45. The Morgan fingerprint density at radius 2 is 2.00 bits per heavy atom. The molecule has 2 atom stereocenters. The third-order valence-corrected chi connectivity index (χ3v) is 8.11. The molecular weight excluding hydrogens is 445 g/mol. The molecule has 4 rings (SSSR count). The summed E-state index contributed by atoms with van der Waals surface area (Å²) in [5.41, 5.74) is 2.54. The number of hydrogen-bond donors (Lipinski definition) is 1. The lowest BCUT2D eigenvalue weighted by Gasteiger charge is -2.36. The van der Waals surface area contributed by atoms with E-state index in [9.17, 15) is 17.6 Å². The van der Waals surface area contributed by atoms with Gasteiger partial charge in [-0.25, -0.2) is 22.7 Å². The Balaban J connectivity index is 1.89. The number of fused-ring (bicyclic) bond motifs is 1. The summed E-state index contributed by atoms with van der Waals surface area (Å²) in [5, 5.41) is 6.53. The Morgan fingerprint density at radius 3 is 2.68 bits per heavy atom. The lowest BCUT2D eigenvalue weighted by atomic mass is 9.87. The van der Waals surface area contributed by atoms with Crippen LogP contribution in [0.15, 0.2) is 44.4 Å². The lowest BCUT2D eigenvalue weighted by molar-refractivity contribution is 0.236. The predicted octanol–water partition coefficient (Wildman–Crippen LogP) is 3.86. The quantitative estimate of drug-likeness (QED) is 0.631. The van der Waals surface area contributed by atoms with Gasteiger partial charge in [-0.3, -0.25) is 0 Å². The largest absolute Gasteiger partial charge is 0.434 e. The molecule has 0 amide bonds. The van der Waals surface area contributed by atoms with Gasteiger partial charge in [0.25, 0.3) is 0 Å². The van der Waals surface area contributed by atoms with Gasteiger partial charge in [0.2, 0.25) is 15.9 Å². The highest BCUT2D eigenvalue weighted by Crippen LogP contribution is 2.42. The molecular formula is C21H21ClFN3O4S. The van der Waals surface area contributed by atoms with Crippen molar-refractivity contribution in [2.45, 2.75) is 44.0 Å². The molecule has 1 N–H and O–H groups in total. The number of halogens is 2. The van der Waals surface area contributed by atoms with Crippen molar-refractivity contribution < 1.29 is 17.2 Å². The molecule has 1 aliphatic heterocycles. The molecule has 1 aromatic heterocycles. The highest BCUT2D eigenvalue weighted by molar-refractivity contribution is 7.89. The van der Waals surface area contributed by atoms with Gasteiger partial charge in [0.15, 0.2) is 0 Å². The summed E-state index contributed by atoms with van der Waals surface area (Å²) < 4.78 is 48.4. The van der Waals surface area contributed by atoms with Gasteiger partial charge in [-0.2, -0.15) is 4.31 Å². The van der Waals surface area contributed by atoms with Crippen LogP contribution < -0.4 is 5.76 Å². The van der Waals surface area contributed by atoms with Crippen molar-refractivity contribution in [2.24, 2.45) is 0 Å². The van der Waals surface area contributed by atoms with Gasteiger partial charge in [0.05, 0.1) is 4.90 Å². The Labute approximate surface area is 183 Å². The number of H-pyrrole nitrogens is 1. The molecule has 1 aliphatic rings. The first-order valence-corrected chi connectivity index (χ1v) is 11.5. The Bertz CT molecular complexity index is 1320. The number of rotatable bonds is 4. The zero-order valence-corrected chi connectivity index (χ0v) is 18.7. The lowest BCUT2D eigenvalue weighted by Crippen LogP contribution is -2.42. The van der Waals surface area contributed by atoms with E-state index in [2.05, 4.69) is 10.2 Å². The molecule has 0 radical (unpaired) electrons. The molecule has 7 nitrogen and oxygen atoms in total. The minimum absolute atomic E-state index is 0.105. The van der Waals surface area contributed by atoms with Crippen molar-refractivity contribution in [1.82, 2.24) is 14.5 Å². The van der Waals surface area contributed by atoms with E-state index in [4.69, 9.17) is 16.0 Å².